The van der Waals surface area contributed by atoms with E-state index in [2.05, 4.69) is 12.2 Å². The summed E-state index contributed by atoms with van der Waals surface area (Å²) in [7, 11) is 3.26. The third-order valence-corrected chi connectivity index (χ3v) is 5.41. The molecule has 0 radical (unpaired) electrons. The van der Waals surface area contributed by atoms with Crippen LogP contribution in [0.5, 0.6) is 11.5 Å². The molecule has 0 saturated heterocycles. The van der Waals surface area contributed by atoms with E-state index in [0.29, 0.717) is 35.1 Å². The van der Waals surface area contributed by atoms with Gasteiger partial charge in [0, 0.05) is 7.05 Å². The van der Waals surface area contributed by atoms with Crippen molar-refractivity contribution in [3.8, 4) is 23.3 Å². The fraction of sp³-hybridized carbons (Fsp3) is 0.269. The Morgan fingerprint density at radius 3 is 2.56 bits per heavy atom. The monoisotopic (exact) mass is 460 g/mol. The van der Waals surface area contributed by atoms with Crippen molar-refractivity contribution in [2.45, 2.75) is 26.7 Å². The molecule has 8 nitrogen and oxygen atoms in total. The van der Waals surface area contributed by atoms with Crippen LogP contribution in [0.3, 0.4) is 0 Å². The van der Waals surface area contributed by atoms with Gasteiger partial charge in [-0.15, -0.1) is 0 Å². The maximum atomic E-state index is 13.0. The number of carbonyl (C=O) groups excluding carboxylic acids is 1. The summed E-state index contributed by atoms with van der Waals surface area (Å²) >= 11 is 0. The number of aromatic nitrogens is 2. The molecule has 8 heteroatoms. The molecule has 0 atom stereocenters. The molecule has 34 heavy (non-hydrogen) atoms. The zero-order valence-electron chi connectivity index (χ0n) is 19.8. The molecule has 0 aliphatic carbocycles. The number of amides is 1. The van der Waals surface area contributed by atoms with Crippen molar-refractivity contribution in [3.63, 3.8) is 0 Å². The van der Waals surface area contributed by atoms with Crippen molar-refractivity contribution >= 4 is 17.7 Å². The number of hydrogen-bond donors (Lipinski definition) is 1. The number of methoxy groups -OCH3 is 1. The maximum absolute atomic E-state index is 13.0. The highest BCUT2D eigenvalue weighted by atomic mass is 16.5. The van der Waals surface area contributed by atoms with Gasteiger partial charge in [0.15, 0.2) is 11.5 Å². The number of benzene rings is 2. The molecule has 0 aliphatic rings. The first kappa shape index (κ1) is 24.4. The molecule has 0 unspecified atom stereocenters. The molecule has 0 fully saturated rings. The number of unbranched alkanes of at least 4 members (excludes halogenated alkanes) is 1. The van der Waals surface area contributed by atoms with Crippen molar-refractivity contribution in [2.75, 3.05) is 19.0 Å². The number of nitriles is 1. The van der Waals surface area contributed by atoms with Gasteiger partial charge in [-0.1, -0.05) is 37.6 Å². The average Bonchev–Trinajstić information content (AvgIpc) is 3.06. The number of para-hydroxylation sites is 1. The number of anilines is 1. The lowest BCUT2D eigenvalue weighted by molar-refractivity contribution is -0.112. The van der Waals surface area contributed by atoms with Gasteiger partial charge < -0.3 is 14.8 Å². The lowest BCUT2D eigenvalue weighted by Crippen LogP contribution is -2.23. The van der Waals surface area contributed by atoms with Gasteiger partial charge in [-0.05, 0) is 49.2 Å². The van der Waals surface area contributed by atoms with Crippen molar-refractivity contribution < 1.29 is 14.3 Å². The van der Waals surface area contributed by atoms with E-state index >= 15 is 0 Å². The van der Waals surface area contributed by atoms with E-state index in [0.717, 1.165) is 12.8 Å². The fourth-order valence-corrected chi connectivity index (χ4v) is 3.43. The summed E-state index contributed by atoms with van der Waals surface area (Å²) in [5.41, 5.74) is 1.42. The smallest absolute Gasteiger partial charge is 0.295 e. The first-order chi connectivity index (χ1) is 16.4. The van der Waals surface area contributed by atoms with Crippen molar-refractivity contribution in [1.82, 2.24) is 9.36 Å². The minimum atomic E-state index is -0.671. The molecule has 1 N–H and O–H groups in total. The summed E-state index contributed by atoms with van der Waals surface area (Å²) in [4.78, 5) is 25.9. The minimum absolute atomic E-state index is 0.120. The third-order valence-electron chi connectivity index (χ3n) is 5.41. The summed E-state index contributed by atoms with van der Waals surface area (Å²) in [5.74, 6) is 0.431. The van der Waals surface area contributed by atoms with Gasteiger partial charge in [-0.25, -0.2) is 4.68 Å². The highest BCUT2D eigenvalue weighted by Crippen LogP contribution is 2.29. The third kappa shape index (κ3) is 5.21. The first-order valence-corrected chi connectivity index (χ1v) is 11.0. The Morgan fingerprint density at radius 1 is 1.18 bits per heavy atom. The van der Waals surface area contributed by atoms with E-state index in [1.54, 1.807) is 49.0 Å². The Hall–Kier alpha value is -4.25. The molecule has 0 bridgehead atoms. The van der Waals surface area contributed by atoms with Crippen LogP contribution in [0.15, 0.2) is 58.9 Å². The molecule has 0 aliphatic heterocycles. The quantitative estimate of drug-likeness (QED) is 0.293. The van der Waals surface area contributed by atoms with Gasteiger partial charge in [-0.3, -0.25) is 14.3 Å². The molecular weight excluding hydrogens is 432 g/mol. The molecule has 1 amide bonds. The summed E-state index contributed by atoms with van der Waals surface area (Å²) in [6, 6.07) is 16.2. The van der Waals surface area contributed by atoms with E-state index in [1.165, 1.54) is 17.9 Å². The van der Waals surface area contributed by atoms with E-state index in [4.69, 9.17) is 9.47 Å². The van der Waals surface area contributed by atoms with Gasteiger partial charge >= 0.3 is 0 Å². The van der Waals surface area contributed by atoms with Crippen LogP contribution in [-0.2, 0) is 11.8 Å². The molecule has 176 valence electrons. The van der Waals surface area contributed by atoms with Crippen molar-refractivity contribution in [3.05, 3.63) is 75.7 Å². The van der Waals surface area contributed by atoms with Crippen molar-refractivity contribution in [2.24, 2.45) is 7.05 Å². The summed E-state index contributed by atoms with van der Waals surface area (Å²) in [5, 5.41) is 12.2. The van der Waals surface area contributed by atoms with Crippen LogP contribution in [0.4, 0.5) is 5.69 Å². The van der Waals surface area contributed by atoms with Gasteiger partial charge in [-0.2, -0.15) is 5.26 Å². The second-order valence-electron chi connectivity index (χ2n) is 7.67. The Labute approximate surface area is 198 Å². The van der Waals surface area contributed by atoms with Crippen LogP contribution in [-0.4, -0.2) is 29.0 Å². The summed E-state index contributed by atoms with van der Waals surface area (Å²) < 4.78 is 14.2. The van der Waals surface area contributed by atoms with E-state index < -0.39 is 5.91 Å². The highest BCUT2D eigenvalue weighted by molar-refractivity contribution is 6.09. The number of ether oxygens (including phenoxy) is 2. The van der Waals surface area contributed by atoms with Gasteiger partial charge in [0.1, 0.15) is 17.3 Å². The largest absolute Gasteiger partial charge is 0.493 e. The van der Waals surface area contributed by atoms with Gasteiger partial charge in [0.25, 0.3) is 11.5 Å². The number of rotatable bonds is 9. The number of hydrogen-bond acceptors (Lipinski definition) is 5. The summed E-state index contributed by atoms with van der Waals surface area (Å²) in [6.45, 7) is 4.38. The number of nitrogens with one attached hydrogen (secondary N) is 1. The normalized spacial score (nSPS) is 11.1. The predicted molar refractivity (Wildman–Crippen MR) is 131 cm³/mol. The Morgan fingerprint density at radius 2 is 1.91 bits per heavy atom. The molecule has 0 saturated carbocycles. The Bertz CT molecular complexity index is 1300. The molecule has 1 heterocycles. The Balaban J connectivity index is 1.87. The van der Waals surface area contributed by atoms with Crippen molar-refractivity contribution in [1.29, 1.82) is 5.26 Å². The Kier molecular flexibility index (Phi) is 7.93. The average molecular weight is 461 g/mol. The molecule has 1 aromatic heterocycles. The molecule has 2 aromatic carbocycles. The van der Waals surface area contributed by atoms with Crippen LogP contribution < -0.4 is 20.3 Å². The first-order valence-electron chi connectivity index (χ1n) is 11.0. The van der Waals surface area contributed by atoms with Crippen LogP contribution in [0.25, 0.3) is 11.8 Å². The van der Waals surface area contributed by atoms with E-state index in [9.17, 15) is 14.9 Å². The summed E-state index contributed by atoms with van der Waals surface area (Å²) in [6.07, 6.45) is 3.39. The standard InChI is InChI=1S/C26H28N4O4/c1-5-6-14-34-22-13-12-19(16-23(22)33-4)15-20(17-27)25(31)28-24-18(2)29(3)30(26(24)32)21-10-8-7-9-11-21/h7-13,15-16H,5-6,14H2,1-4H3,(H,28,31)/b20-15+. The fourth-order valence-electron chi connectivity index (χ4n) is 3.43. The highest BCUT2D eigenvalue weighted by Gasteiger charge is 2.20. The van der Waals surface area contributed by atoms with E-state index in [-0.39, 0.29) is 16.8 Å². The van der Waals surface area contributed by atoms with E-state index in [1.807, 2.05) is 24.3 Å². The van der Waals surface area contributed by atoms with Crippen LogP contribution >= 0.6 is 0 Å². The SMILES string of the molecule is CCCCOc1ccc(/C=C(\C#N)C(=O)Nc2c(C)n(C)n(-c3ccccc3)c2=O)cc1OC. The minimum Gasteiger partial charge on any atom is -0.493 e. The molecular formula is C26H28N4O4. The molecule has 0 spiro atoms. The number of carbonyl (C=O) groups is 1. The predicted octanol–water partition coefficient (Wildman–Crippen LogP) is 4.22. The lowest BCUT2D eigenvalue weighted by atomic mass is 10.1. The van der Waals surface area contributed by atoms with Gasteiger partial charge in [0.2, 0.25) is 0 Å². The zero-order chi connectivity index (χ0) is 24.7. The second-order valence-corrected chi connectivity index (χ2v) is 7.67. The van der Waals surface area contributed by atoms with Crippen LogP contribution in [0.1, 0.15) is 31.0 Å². The van der Waals surface area contributed by atoms with Crippen LogP contribution in [0, 0.1) is 18.3 Å². The topological polar surface area (TPSA) is 98.3 Å². The molecule has 3 rings (SSSR count). The lowest BCUT2D eigenvalue weighted by Gasteiger charge is -2.11. The maximum Gasteiger partial charge on any atom is 0.295 e. The zero-order valence-corrected chi connectivity index (χ0v) is 19.8. The van der Waals surface area contributed by atoms with Crippen LogP contribution in [0.2, 0.25) is 0 Å². The van der Waals surface area contributed by atoms with Gasteiger partial charge in [0.05, 0.1) is 25.1 Å². The molecule has 3 aromatic rings. The second kappa shape index (κ2) is 11.1. The number of nitrogens with zero attached hydrogens (tertiary/aromatic N) is 3.